The summed E-state index contributed by atoms with van der Waals surface area (Å²) >= 11 is 1.87. The van der Waals surface area contributed by atoms with Crippen molar-refractivity contribution >= 4 is 11.3 Å². The molecule has 2 rings (SSSR count). The summed E-state index contributed by atoms with van der Waals surface area (Å²) in [5, 5.41) is 4.85. The molecular weight excluding hydrogens is 228 g/mol. The molecule has 1 atom stereocenters. The molecule has 1 heterocycles. The van der Waals surface area contributed by atoms with Crippen LogP contribution in [0.1, 0.15) is 60.6 Å². The van der Waals surface area contributed by atoms with Crippen LogP contribution in [0, 0.1) is 19.8 Å². The third-order valence-electron chi connectivity index (χ3n) is 3.75. The van der Waals surface area contributed by atoms with Crippen LogP contribution < -0.4 is 5.32 Å². The van der Waals surface area contributed by atoms with Crippen LogP contribution in [0.5, 0.6) is 0 Å². The second-order valence-corrected chi connectivity index (χ2v) is 6.41. The summed E-state index contributed by atoms with van der Waals surface area (Å²) in [6.45, 7) is 7.51. The molecule has 96 valence electrons. The summed E-state index contributed by atoms with van der Waals surface area (Å²) in [6, 6.07) is 0.536. The summed E-state index contributed by atoms with van der Waals surface area (Å²) in [5.41, 5.74) is 1.23. The molecule has 1 unspecified atom stereocenters. The van der Waals surface area contributed by atoms with E-state index in [-0.39, 0.29) is 0 Å². The molecule has 0 saturated heterocycles. The van der Waals surface area contributed by atoms with Crippen LogP contribution in [-0.4, -0.2) is 11.5 Å². The second kappa shape index (κ2) is 5.96. The minimum absolute atomic E-state index is 0.536. The fraction of sp³-hybridized carbons (Fsp3) is 0.786. The van der Waals surface area contributed by atoms with E-state index in [1.54, 1.807) is 0 Å². The number of thiazole rings is 1. The Kier molecular flexibility index (Phi) is 4.57. The third-order valence-corrected chi connectivity index (χ3v) is 4.94. The van der Waals surface area contributed by atoms with Gasteiger partial charge in [-0.1, -0.05) is 32.6 Å². The van der Waals surface area contributed by atoms with Gasteiger partial charge in [0.1, 0.15) is 0 Å². The molecule has 0 aromatic carbocycles. The lowest BCUT2D eigenvalue weighted by Gasteiger charge is -2.20. The summed E-state index contributed by atoms with van der Waals surface area (Å²) in [5.74, 6) is 0.931. The van der Waals surface area contributed by atoms with Crippen molar-refractivity contribution in [2.45, 2.75) is 58.9 Å². The van der Waals surface area contributed by atoms with Crippen molar-refractivity contribution in [2.75, 3.05) is 6.54 Å². The zero-order valence-corrected chi connectivity index (χ0v) is 12.1. The van der Waals surface area contributed by atoms with Crippen LogP contribution in [0.15, 0.2) is 0 Å². The molecule has 0 aliphatic heterocycles. The minimum atomic E-state index is 0.536. The lowest BCUT2D eigenvalue weighted by molar-refractivity contribution is 0.403. The van der Waals surface area contributed by atoms with Gasteiger partial charge >= 0.3 is 0 Å². The SMILES string of the molecule is CCNC(CC1CCCC1)c1sc(C)nc1C. The summed E-state index contributed by atoms with van der Waals surface area (Å²) < 4.78 is 0. The van der Waals surface area contributed by atoms with E-state index in [9.17, 15) is 0 Å². The van der Waals surface area contributed by atoms with E-state index in [1.165, 1.54) is 47.7 Å². The molecule has 0 radical (unpaired) electrons. The Balaban J connectivity index is 2.07. The summed E-state index contributed by atoms with van der Waals surface area (Å²) in [7, 11) is 0. The van der Waals surface area contributed by atoms with E-state index >= 15 is 0 Å². The highest BCUT2D eigenvalue weighted by molar-refractivity contribution is 7.11. The van der Waals surface area contributed by atoms with E-state index in [1.807, 2.05) is 11.3 Å². The quantitative estimate of drug-likeness (QED) is 0.857. The van der Waals surface area contributed by atoms with Gasteiger partial charge in [-0.25, -0.2) is 4.98 Å². The van der Waals surface area contributed by atoms with Crippen molar-refractivity contribution in [3.8, 4) is 0 Å². The summed E-state index contributed by atoms with van der Waals surface area (Å²) in [4.78, 5) is 6.04. The van der Waals surface area contributed by atoms with Crippen molar-refractivity contribution in [1.29, 1.82) is 0 Å². The van der Waals surface area contributed by atoms with Gasteiger partial charge in [0.05, 0.1) is 10.7 Å². The molecule has 1 aliphatic rings. The molecule has 0 bridgehead atoms. The Labute approximate surface area is 109 Å². The third kappa shape index (κ3) is 3.29. The highest BCUT2D eigenvalue weighted by Crippen LogP contribution is 2.35. The fourth-order valence-corrected chi connectivity index (χ4v) is 4.00. The molecule has 0 amide bonds. The topological polar surface area (TPSA) is 24.9 Å². The molecule has 2 nitrogen and oxygen atoms in total. The Morgan fingerprint density at radius 3 is 2.59 bits per heavy atom. The molecule has 1 aromatic rings. The standard InChI is InChI=1S/C14H24N2S/c1-4-15-13(9-12-7-5-6-8-12)14-10(2)16-11(3)17-14/h12-13,15H,4-9H2,1-3H3. The number of hydrogen-bond acceptors (Lipinski definition) is 3. The van der Waals surface area contributed by atoms with Gasteiger partial charge in [0, 0.05) is 10.9 Å². The maximum absolute atomic E-state index is 4.57. The maximum atomic E-state index is 4.57. The maximum Gasteiger partial charge on any atom is 0.0900 e. The van der Waals surface area contributed by atoms with Crippen LogP contribution >= 0.6 is 11.3 Å². The van der Waals surface area contributed by atoms with Crippen LogP contribution in [-0.2, 0) is 0 Å². The number of nitrogens with one attached hydrogen (secondary N) is 1. The zero-order chi connectivity index (χ0) is 12.3. The minimum Gasteiger partial charge on any atom is -0.309 e. The Morgan fingerprint density at radius 1 is 1.35 bits per heavy atom. The van der Waals surface area contributed by atoms with E-state index in [2.05, 4.69) is 31.1 Å². The predicted octanol–water partition coefficient (Wildman–Crippen LogP) is 3.99. The molecule has 3 heteroatoms. The van der Waals surface area contributed by atoms with Crippen molar-refractivity contribution in [3.05, 3.63) is 15.6 Å². The van der Waals surface area contributed by atoms with Crippen LogP contribution in [0.25, 0.3) is 0 Å². The number of aromatic nitrogens is 1. The van der Waals surface area contributed by atoms with Gasteiger partial charge < -0.3 is 5.32 Å². The van der Waals surface area contributed by atoms with Gasteiger partial charge in [0.15, 0.2) is 0 Å². The van der Waals surface area contributed by atoms with Crippen molar-refractivity contribution in [2.24, 2.45) is 5.92 Å². The number of rotatable bonds is 5. The van der Waals surface area contributed by atoms with Gasteiger partial charge in [-0.3, -0.25) is 0 Å². The van der Waals surface area contributed by atoms with Crippen LogP contribution in [0.3, 0.4) is 0 Å². The zero-order valence-electron chi connectivity index (χ0n) is 11.3. The van der Waals surface area contributed by atoms with Crippen molar-refractivity contribution < 1.29 is 0 Å². The molecule has 1 saturated carbocycles. The second-order valence-electron chi connectivity index (χ2n) is 5.18. The first-order chi connectivity index (χ1) is 8.20. The molecular formula is C14H24N2S. The van der Waals surface area contributed by atoms with E-state index in [0.717, 1.165) is 12.5 Å². The Bertz CT molecular complexity index is 353. The number of nitrogens with zero attached hydrogens (tertiary/aromatic N) is 1. The first-order valence-corrected chi connectivity index (χ1v) is 7.69. The van der Waals surface area contributed by atoms with E-state index in [0.29, 0.717) is 6.04 Å². The molecule has 1 N–H and O–H groups in total. The van der Waals surface area contributed by atoms with Crippen LogP contribution in [0.4, 0.5) is 0 Å². The van der Waals surface area contributed by atoms with Crippen molar-refractivity contribution in [3.63, 3.8) is 0 Å². The van der Waals surface area contributed by atoms with Crippen LogP contribution in [0.2, 0.25) is 0 Å². The average molecular weight is 252 g/mol. The lowest BCUT2D eigenvalue weighted by atomic mass is 9.97. The predicted molar refractivity (Wildman–Crippen MR) is 74.6 cm³/mol. The number of hydrogen-bond donors (Lipinski definition) is 1. The number of aryl methyl sites for hydroxylation is 2. The van der Waals surface area contributed by atoms with E-state index < -0.39 is 0 Å². The molecule has 1 aromatic heterocycles. The van der Waals surface area contributed by atoms with Gasteiger partial charge in [-0.2, -0.15) is 0 Å². The lowest BCUT2D eigenvalue weighted by Crippen LogP contribution is -2.22. The molecule has 1 aliphatic carbocycles. The first-order valence-electron chi connectivity index (χ1n) is 6.88. The molecule has 17 heavy (non-hydrogen) atoms. The van der Waals surface area contributed by atoms with E-state index in [4.69, 9.17) is 0 Å². The highest BCUT2D eigenvalue weighted by atomic mass is 32.1. The summed E-state index contributed by atoms with van der Waals surface area (Å²) in [6.07, 6.45) is 7.03. The first kappa shape index (κ1) is 13.0. The molecule has 1 fully saturated rings. The van der Waals surface area contributed by atoms with Gasteiger partial charge in [-0.15, -0.1) is 11.3 Å². The smallest absolute Gasteiger partial charge is 0.0900 e. The normalized spacial score (nSPS) is 18.8. The highest BCUT2D eigenvalue weighted by Gasteiger charge is 2.23. The average Bonchev–Trinajstić information content (AvgIpc) is 2.88. The van der Waals surface area contributed by atoms with Crippen molar-refractivity contribution in [1.82, 2.24) is 10.3 Å². The van der Waals surface area contributed by atoms with Gasteiger partial charge in [0.2, 0.25) is 0 Å². The molecule has 0 spiro atoms. The Morgan fingerprint density at radius 2 is 2.06 bits per heavy atom. The fourth-order valence-electron chi connectivity index (χ4n) is 2.98. The van der Waals surface area contributed by atoms with Gasteiger partial charge in [0.25, 0.3) is 0 Å². The Hall–Kier alpha value is -0.410. The largest absolute Gasteiger partial charge is 0.309 e. The monoisotopic (exact) mass is 252 g/mol. The van der Waals surface area contributed by atoms with Gasteiger partial charge in [-0.05, 0) is 32.7 Å².